The summed E-state index contributed by atoms with van der Waals surface area (Å²) in [6.45, 7) is 0.368. The minimum Gasteiger partial charge on any atom is -0.207 e. The third-order valence-corrected chi connectivity index (χ3v) is 5.97. The molecule has 1 aromatic carbocycles. The molecule has 0 N–H and O–H groups in total. The predicted molar refractivity (Wildman–Crippen MR) is 76.3 cm³/mol. The second-order valence-corrected chi connectivity index (χ2v) is 7.51. The fraction of sp³-hybridized carbons (Fsp3) is 0.417. The van der Waals surface area contributed by atoms with Crippen molar-refractivity contribution in [2.24, 2.45) is 0 Å². The average Bonchev–Trinajstić information content (AvgIpc) is 2.38. The highest BCUT2D eigenvalue weighted by Crippen LogP contribution is 2.31. The van der Waals surface area contributed by atoms with E-state index >= 15 is 0 Å². The van der Waals surface area contributed by atoms with Crippen LogP contribution < -0.4 is 0 Å². The first-order chi connectivity index (χ1) is 8.96. The van der Waals surface area contributed by atoms with Gasteiger partial charge in [0.15, 0.2) is 0 Å². The molecule has 1 atom stereocenters. The molecule has 4 nitrogen and oxygen atoms in total. The maximum Gasteiger partial charge on any atom is 0.245 e. The van der Waals surface area contributed by atoms with Gasteiger partial charge in [-0.3, -0.25) is 0 Å². The maximum absolute atomic E-state index is 12.6. The first-order valence-electron chi connectivity index (χ1n) is 5.83. The van der Waals surface area contributed by atoms with E-state index < -0.39 is 16.1 Å². The van der Waals surface area contributed by atoms with Crippen LogP contribution in [0.2, 0.25) is 5.02 Å². The molecular weight excluding hydrogens is 352 g/mol. The van der Waals surface area contributed by atoms with Gasteiger partial charge < -0.3 is 0 Å². The van der Waals surface area contributed by atoms with Crippen molar-refractivity contribution in [3.05, 3.63) is 27.7 Å². The lowest BCUT2D eigenvalue weighted by Crippen LogP contribution is -2.42. The van der Waals surface area contributed by atoms with Crippen molar-refractivity contribution in [3.8, 4) is 6.07 Å². The molecule has 102 valence electrons. The summed E-state index contributed by atoms with van der Waals surface area (Å²) in [5.41, 5.74) is 0. The number of piperidine rings is 1. The Hall–Kier alpha value is -0.610. The third kappa shape index (κ3) is 2.95. The molecule has 1 saturated heterocycles. The number of nitrogens with zero attached hydrogens (tertiary/aromatic N) is 2. The van der Waals surface area contributed by atoms with Crippen LogP contribution in [0.15, 0.2) is 27.6 Å². The van der Waals surface area contributed by atoms with Crippen molar-refractivity contribution in [2.45, 2.75) is 30.2 Å². The van der Waals surface area contributed by atoms with Gasteiger partial charge in [-0.15, -0.1) is 0 Å². The van der Waals surface area contributed by atoms with Crippen LogP contribution in [0.4, 0.5) is 0 Å². The Morgan fingerprint density at radius 3 is 2.79 bits per heavy atom. The molecule has 0 aliphatic carbocycles. The first-order valence-corrected chi connectivity index (χ1v) is 8.44. The normalized spacial score (nSPS) is 21.0. The molecule has 2 rings (SSSR count). The van der Waals surface area contributed by atoms with Crippen molar-refractivity contribution in [2.75, 3.05) is 6.54 Å². The largest absolute Gasteiger partial charge is 0.245 e. The number of benzene rings is 1. The molecule has 0 amide bonds. The van der Waals surface area contributed by atoms with E-state index in [1.807, 2.05) is 0 Å². The van der Waals surface area contributed by atoms with E-state index in [4.69, 9.17) is 16.9 Å². The Morgan fingerprint density at radius 2 is 2.16 bits per heavy atom. The van der Waals surface area contributed by atoms with E-state index in [-0.39, 0.29) is 9.92 Å². The zero-order valence-corrected chi connectivity index (χ0v) is 13.2. The molecule has 1 aliphatic rings. The van der Waals surface area contributed by atoms with Crippen LogP contribution in [-0.2, 0) is 10.0 Å². The van der Waals surface area contributed by atoms with E-state index in [2.05, 4.69) is 22.0 Å². The highest BCUT2D eigenvalue weighted by atomic mass is 79.9. The minimum absolute atomic E-state index is 0.0551. The molecule has 1 heterocycles. The zero-order valence-electron chi connectivity index (χ0n) is 10.0. The molecule has 19 heavy (non-hydrogen) atoms. The summed E-state index contributed by atoms with van der Waals surface area (Å²) in [5.74, 6) is 0. The van der Waals surface area contributed by atoms with E-state index in [1.54, 1.807) is 12.1 Å². The Kier molecular flexibility index (Phi) is 4.51. The molecule has 0 spiro atoms. The summed E-state index contributed by atoms with van der Waals surface area (Å²) in [6, 6.07) is 6.09. The van der Waals surface area contributed by atoms with Crippen molar-refractivity contribution < 1.29 is 8.42 Å². The first kappa shape index (κ1) is 14.8. The van der Waals surface area contributed by atoms with Gasteiger partial charge in [-0.05, 0) is 37.5 Å². The molecule has 7 heteroatoms. The van der Waals surface area contributed by atoms with Gasteiger partial charge in [0, 0.05) is 11.0 Å². The van der Waals surface area contributed by atoms with E-state index in [9.17, 15) is 8.42 Å². The Bertz CT molecular complexity index is 627. The summed E-state index contributed by atoms with van der Waals surface area (Å²) in [4.78, 5) is 0.0551. The lowest BCUT2D eigenvalue weighted by molar-refractivity contribution is 0.297. The monoisotopic (exact) mass is 362 g/mol. The van der Waals surface area contributed by atoms with Gasteiger partial charge in [-0.25, -0.2) is 8.42 Å². The van der Waals surface area contributed by atoms with Gasteiger partial charge in [0.2, 0.25) is 10.0 Å². The highest BCUT2D eigenvalue weighted by molar-refractivity contribution is 9.10. The van der Waals surface area contributed by atoms with Crippen LogP contribution in [0, 0.1) is 11.3 Å². The number of hydrogen-bond acceptors (Lipinski definition) is 3. The van der Waals surface area contributed by atoms with Gasteiger partial charge in [-0.1, -0.05) is 27.5 Å². The number of sulfonamides is 1. The number of rotatable bonds is 2. The summed E-state index contributed by atoms with van der Waals surface area (Å²) in [5, 5.41) is 9.25. The molecule has 0 saturated carbocycles. The molecule has 1 unspecified atom stereocenters. The van der Waals surface area contributed by atoms with Crippen molar-refractivity contribution in [1.82, 2.24) is 4.31 Å². The summed E-state index contributed by atoms with van der Waals surface area (Å²) >= 11 is 9.24. The summed E-state index contributed by atoms with van der Waals surface area (Å²) in [7, 11) is -3.71. The van der Waals surface area contributed by atoms with Gasteiger partial charge in [0.05, 0.1) is 11.1 Å². The van der Waals surface area contributed by atoms with E-state index in [0.29, 0.717) is 17.4 Å². The molecule has 0 radical (unpaired) electrons. The molecular formula is C12H12BrClN2O2S. The fourth-order valence-corrected chi connectivity index (χ4v) is 4.75. The SMILES string of the molecule is N#CC1CCCCN1S(=O)(=O)c1ccc(Br)cc1Cl. The van der Waals surface area contributed by atoms with Gasteiger partial charge in [-0.2, -0.15) is 9.57 Å². The van der Waals surface area contributed by atoms with Crippen LogP contribution in [0.3, 0.4) is 0 Å². The molecule has 0 bridgehead atoms. The van der Waals surface area contributed by atoms with Crippen LogP contribution >= 0.6 is 27.5 Å². The van der Waals surface area contributed by atoms with Crippen molar-refractivity contribution in [3.63, 3.8) is 0 Å². The number of nitriles is 1. The molecule has 1 aliphatic heterocycles. The number of halogens is 2. The minimum atomic E-state index is -3.71. The van der Waals surface area contributed by atoms with Gasteiger partial charge in [0.1, 0.15) is 10.9 Å². The topological polar surface area (TPSA) is 61.2 Å². The van der Waals surface area contributed by atoms with Crippen LogP contribution in [0.25, 0.3) is 0 Å². The van der Waals surface area contributed by atoms with Gasteiger partial charge in [0.25, 0.3) is 0 Å². The zero-order chi connectivity index (χ0) is 14.0. The van der Waals surface area contributed by atoms with Crippen molar-refractivity contribution in [1.29, 1.82) is 5.26 Å². The number of hydrogen-bond donors (Lipinski definition) is 0. The Balaban J connectivity index is 2.44. The third-order valence-electron chi connectivity index (χ3n) is 3.08. The van der Waals surface area contributed by atoms with Crippen LogP contribution in [-0.4, -0.2) is 25.3 Å². The van der Waals surface area contributed by atoms with E-state index in [1.165, 1.54) is 10.4 Å². The van der Waals surface area contributed by atoms with Crippen molar-refractivity contribution >= 4 is 37.6 Å². The van der Waals surface area contributed by atoms with E-state index in [0.717, 1.165) is 12.8 Å². The van der Waals surface area contributed by atoms with Crippen LogP contribution in [0.5, 0.6) is 0 Å². The summed E-state index contributed by atoms with van der Waals surface area (Å²) < 4.78 is 27.1. The maximum atomic E-state index is 12.6. The lowest BCUT2D eigenvalue weighted by atomic mass is 10.1. The average molecular weight is 364 g/mol. The Morgan fingerprint density at radius 1 is 1.42 bits per heavy atom. The smallest absolute Gasteiger partial charge is 0.207 e. The standard InChI is InChI=1S/C12H12BrClN2O2S/c13-9-4-5-12(11(14)7-9)19(17,18)16-6-2-1-3-10(16)8-15/h4-5,7,10H,1-3,6H2. The summed E-state index contributed by atoms with van der Waals surface area (Å²) in [6.07, 6.45) is 2.22. The molecule has 0 aromatic heterocycles. The molecule has 1 fully saturated rings. The highest BCUT2D eigenvalue weighted by Gasteiger charge is 2.34. The quantitative estimate of drug-likeness (QED) is 0.811. The molecule has 1 aromatic rings. The predicted octanol–water partition coefficient (Wildman–Crippen LogP) is 3.17. The second-order valence-electron chi connectivity index (χ2n) is 4.33. The lowest BCUT2D eigenvalue weighted by Gasteiger charge is -2.30. The fourth-order valence-electron chi connectivity index (χ4n) is 2.13. The Labute approximate surface area is 126 Å². The van der Waals surface area contributed by atoms with Crippen LogP contribution in [0.1, 0.15) is 19.3 Å². The second kappa shape index (κ2) is 5.80. The van der Waals surface area contributed by atoms with Gasteiger partial charge >= 0.3 is 0 Å².